The quantitative estimate of drug-likeness (QED) is 0.440. The molecule has 1 heterocycles. The van der Waals surface area contributed by atoms with E-state index in [0.717, 1.165) is 12.7 Å². The minimum atomic E-state index is 0.737. The van der Waals surface area contributed by atoms with Crippen LogP contribution in [0.2, 0.25) is 0 Å². The largest absolute Gasteiger partial charge is 0.318 e. The van der Waals surface area contributed by atoms with Gasteiger partial charge in [-0.25, -0.2) is 0 Å². The van der Waals surface area contributed by atoms with Crippen molar-refractivity contribution < 1.29 is 0 Å². The van der Waals surface area contributed by atoms with Crippen molar-refractivity contribution in [2.75, 3.05) is 13.2 Å². The monoisotopic (exact) mass is 86.1 g/mol. The lowest BCUT2D eigenvalue weighted by Gasteiger charge is -1.87. The Labute approximate surface area is 37.9 Å². The molecule has 1 fully saturated rings. The van der Waals surface area contributed by atoms with Crippen molar-refractivity contribution in [3.05, 3.63) is 0 Å². The number of rotatable bonds is 1. The maximum atomic E-state index is 5.25. The fraction of sp³-hybridized carbons (Fsp3) is 1.00. The van der Waals surface area contributed by atoms with Gasteiger partial charge in [0.2, 0.25) is 0 Å². The molecule has 1 saturated heterocycles. The Balaban J connectivity index is 2.09. The minimum absolute atomic E-state index is 0.737. The Morgan fingerprint density at radius 1 is 2.00 bits per heavy atom. The lowest BCUT2D eigenvalue weighted by Crippen LogP contribution is -2.10. The summed E-state index contributed by atoms with van der Waals surface area (Å²) in [5.74, 6) is 0. The maximum Gasteiger partial charge on any atom is 0.0459 e. The van der Waals surface area contributed by atoms with E-state index in [1.807, 2.05) is 0 Å². The summed E-state index contributed by atoms with van der Waals surface area (Å²) in [6, 6.07) is 0.773. The van der Waals surface area contributed by atoms with E-state index in [1.165, 1.54) is 6.54 Å². The van der Waals surface area contributed by atoms with Crippen LogP contribution in [0.1, 0.15) is 6.92 Å². The Morgan fingerprint density at radius 3 is 2.50 bits per heavy atom. The van der Waals surface area contributed by atoms with Crippen LogP contribution in [0.3, 0.4) is 0 Å². The second kappa shape index (κ2) is 1.21. The average Bonchev–Trinajstić information content (AvgIpc) is 2.19. The number of nitrogens with two attached hydrogens (primary N) is 1. The van der Waals surface area contributed by atoms with Gasteiger partial charge in [-0.3, -0.25) is 4.90 Å². The van der Waals surface area contributed by atoms with Gasteiger partial charge in [-0.15, -0.1) is 0 Å². The zero-order chi connectivity index (χ0) is 4.57. The predicted molar refractivity (Wildman–Crippen MR) is 25.2 cm³/mol. The molecule has 36 valence electrons. The molecular formula is C4H10N2. The van der Waals surface area contributed by atoms with Gasteiger partial charge in [0.25, 0.3) is 0 Å². The lowest BCUT2D eigenvalue weighted by molar-refractivity contribution is 0.535. The molecule has 0 saturated carbocycles. The highest BCUT2D eigenvalue weighted by atomic mass is 15.3. The third-order valence-electron chi connectivity index (χ3n) is 1.22. The third-order valence-corrected chi connectivity index (χ3v) is 1.22. The smallest absolute Gasteiger partial charge is 0.0459 e. The molecular weight excluding hydrogens is 76.1 g/mol. The molecule has 0 aromatic heterocycles. The lowest BCUT2D eigenvalue weighted by atomic mass is 10.6. The van der Waals surface area contributed by atoms with Gasteiger partial charge in [0.1, 0.15) is 0 Å². The number of hydrogen-bond acceptors (Lipinski definition) is 2. The zero-order valence-electron chi connectivity index (χ0n) is 4.02. The van der Waals surface area contributed by atoms with Gasteiger partial charge in [0, 0.05) is 19.3 Å². The first kappa shape index (κ1) is 4.09. The third kappa shape index (κ3) is 0.533. The van der Waals surface area contributed by atoms with E-state index in [2.05, 4.69) is 11.8 Å². The molecule has 0 bridgehead atoms. The maximum absolute atomic E-state index is 5.25. The van der Waals surface area contributed by atoms with Crippen LogP contribution in [-0.2, 0) is 0 Å². The molecule has 2 atom stereocenters. The van der Waals surface area contributed by atoms with Crippen LogP contribution in [0.5, 0.6) is 0 Å². The topological polar surface area (TPSA) is 29.0 Å². The van der Waals surface area contributed by atoms with E-state index in [4.69, 9.17) is 5.73 Å². The summed E-state index contributed by atoms with van der Waals surface area (Å²) >= 11 is 0. The highest BCUT2D eigenvalue weighted by molar-refractivity contribution is 4.82. The standard InChI is InChI=1S/C4H10N2/c1-4-2-6(4)3-5/h4H,2-3,5H2,1H3/t4-,6?/m0/s1. The molecule has 0 aliphatic carbocycles. The van der Waals surface area contributed by atoms with Gasteiger partial charge < -0.3 is 5.73 Å². The Bertz CT molecular complexity index is 51.5. The average molecular weight is 86.1 g/mol. The second-order valence-electron chi connectivity index (χ2n) is 1.80. The highest BCUT2D eigenvalue weighted by Crippen LogP contribution is 2.11. The molecule has 1 aliphatic heterocycles. The predicted octanol–water partition coefficient (Wildman–Crippen LogP) is -0.393. The van der Waals surface area contributed by atoms with Gasteiger partial charge in [-0.05, 0) is 6.92 Å². The first-order valence-corrected chi connectivity index (χ1v) is 2.28. The van der Waals surface area contributed by atoms with Crippen molar-refractivity contribution in [1.82, 2.24) is 4.90 Å². The molecule has 1 rings (SSSR count). The Kier molecular flexibility index (Phi) is 0.821. The normalized spacial score (nSPS) is 43.0. The molecule has 0 radical (unpaired) electrons. The number of nitrogens with zero attached hydrogens (tertiary/aromatic N) is 1. The molecule has 2 nitrogen and oxygen atoms in total. The Morgan fingerprint density at radius 2 is 2.50 bits per heavy atom. The molecule has 2 N–H and O–H groups in total. The molecule has 2 heteroatoms. The van der Waals surface area contributed by atoms with E-state index in [9.17, 15) is 0 Å². The van der Waals surface area contributed by atoms with E-state index < -0.39 is 0 Å². The number of hydrogen-bond donors (Lipinski definition) is 1. The van der Waals surface area contributed by atoms with Crippen LogP contribution in [0.4, 0.5) is 0 Å². The van der Waals surface area contributed by atoms with Gasteiger partial charge in [0.15, 0.2) is 0 Å². The van der Waals surface area contributed by atoms with Crippen molar-refractivity contribution in [3.63, 3.8) is 0 Å². The fourth-order valence-corrected chi connectivity index (χ4v) is 0.547. The first-order valence-electron chi connectivity index (χ1n) is 2.28. The van der Waals surface area contributed by atoms with Crippen molar-refractivity contribution in [2.45, 2.75) is 13.0 Å². The van der Waals surface area contributed by atoms with E-state index in [0.29, 0.717) is 0 Å². The van der Waals surface area contributed by atoms with E-state index >= 15 is 0 Å². The van der Waals surface area contributed by atoms with Crippen molar-refractivity contribution in [1.29, 1.82) is 0 Å². The summed E-state index contributed by atoms with van der Waals surface area (Å²) < 4.78 is 0. The summed E-state index contributed by atoms with van der Waals surface area (Å²) in [6.45, 7) is 4.12. The summed E-state index contributed by atoms with van der Waals surface area (Å²) in [6.07, 6.45) is 0. The van der Waals surface area contributed by atoms with Gasteiger partial charge >= 0.3 is 0 Å². The first-order chi connectivity index (χ1) is 2.84. The van der Waals surface area contributed by atoms with Crippen LogP contribution in [0.15, 0.2) is 0 Å². The SMILES string of the molecule is C[C@H]1CN1CN. The summed E-state index contributed by atoms with van der Waals surface area (Å²) in [4.78, 5) is 2.19. The van der Waals surface area contributed by atoms with E-state index in [1.54, 1.807) is 0 Å². The Hall–Kier alpha value is -0.0800. The molecule has 0 amide bonds. The summed E-state index contributed by atoms with van der Waals surface area (Å²) in [7, 11) is 0. The van der Waals surface area contributed by atoms with Gasteiger partial charge in [-0.1, -0.05) is 0 Å². The molecule has 1 aliphatic rings. The van der Waals surface area contributed by atoms with Crippen LogP contribution in [0, 0.1) is 0 Å². The van der Waals surface area contributed by atoms with Crippen LogP contribution in [0.25, 0.3) is 0 Å². The molecule has 1 unspecified atom stereocenters. The summed E-state index contributed by atoms with van der Waals surface area (Å²) in [5.41, 5.74) is 5.25. The van der Waals surface area contributed by atoms with Crippen LogP contribution >= 0.6 is 0 Å². The van der Waals surface area contributed by atoms with Crippen molar-refractivity contribution in [3.8, 4) is 0 Å². The van der Waals surface area contributed by atoms with Crippen LogP contribution < -0.4 is 5.73 Å². The fourth-order valence-electron chi connectivity index (χ4n) is 0.547. The van der Waals surface area contributed by atoms with Gasteiger partial charge in [0.05, 0.1) is 0 Å². The molecule has 0 aromatic rings. The summed E-state index contributed by atoms with van der Waals surface area (Å²) in [5, 5.41) is 0. The molecule has 0 aromatic carbocycles. The van der Waals surface area contributed by atoms with Crippen LogP contribution in [-0.4, -0.2) is 24.2 Å². The zero-order valence-corrected chi connectivity index (χ0v) is 4.02. The van der Waals surface area contributed by atoms with Crippen molar-refractivity contribution >= 4 is 0 Å². The molecule has 0 spiro atoms. The molecule has 6 heavy (non-hydrogen) atoms. The minimum Gasteiger partial charge on any atom is -0.318 e. The highest BCUT2D eigenvalue weighted by Gasteiger charge is 2.26. The van der Waals surface area contributed by atoms with E-state index in [-0.39, 0.29) is 0 Å². The second-order valence-corrected chi connectivity index (χ2v) is 1.80. The van der Waals surface area contributed by atoms with Gasteiger partial charge in [-0.2, -0.15) is 0 Å². The van der Waals surface area contributed by atoms with Crippen molar-refractivity contribution in [2.24, 2.45) is 5.73 Å².